The number of carbonyl (C=O) groups is 1. The zero-order chi connectivity index (χ0) is 14.5. The van der Waals surface area contributed by atoms with Gasteiger partial charge in [-0.2, -0.15) is 0 Å². The molecule has 0 spiro atoms. The Kier molecular flexibility index (Phi) is 7.14. The van der Waals surface area contributed by atoms with E-state index in [2.05, 4.69) is 4.90 Å². The molecule has 1 aromatic carbocycles. The molecule has 21 heavy (non-hydrogen) atoms. The number of hydrogen-bond donors (Lipinski definition) is 3. The maximum Gasteiger partial charge on any atom is 0.488 e. The standard InChI is InChI=1S/C13H19BN2O4.ClH/c17-10-9-15-5-7-16(8-6-15)13(18)11-1-3-12(4-2-11)14(19)20;/h1-4,17,19-20H,5-10H2;1H. The maximum atomic E-state index is 12.3. The molecule has 0 radical (unpaired) electrons. The number of β-amino-alcohol motifs (C(OH)–C–C–N with tert-alkyl or cyclic N) is 1. The van der Waals surface area contributed by atoms with Crippen molar-refractivity contribution in [1.29, 1.82) is 0 Å². The van der Waals surface area contributed by atoms with Crippen LogP contribution in [0.4, 0.5) is 0 Å². The molecular weight excluding hydrogens is 294 g/mol. The van der Waals surface area contributed by atoms with Crippen LogP contribution in [-0.4, -0.2) is 77.3 Å². The van der Waals surface area contributed by atoms with Crippen molar-refractivity contribution in [2.75, 3.05) is 39.3 Å². The summed E-state index contributed by atoms with van der Waals surface area (Å²) >= 11 is 0. The molecule has 1 aliphatic heterocycles. The first-order chi connectivity index (χ1) is 9.61. The van der Waals surface area contributed by atoms with Crippen LogP contribution in [0.25, 0.3) is 0 Å². The van der Waals surface area contributed by atoms with Crippen LogP contribution in [0, 0.1) is 0 Å². The monoisotopic (exact) mass is 314 g/mol. The summed E-state index contributed by atoms with van der Waals surface area (Å²) in [4.78, 5) is 16.2. The molecule has 1 aliphatic rings. The molecule has 0 atom stereocenters. The van der Waals surface area contributed by atoms with Gasteiger partial charge in [0.25, 0.3) is 5.91 Å². The summed E-state index contributed by atoms with van der Waals surface area (Å²) < 4.78 is 0. The number of hydrogen-bond acceptors (Lipinski definition) is 5. The third kappa shape index (κ3) is 4.69. The van der Waals surface area contributed by atoms with E-state index in [0.29, 0.717) is 30.7 Å². The predicted molar refractivity (Wildman–Crippen MR) is 82.9 cm³/mol. The number of aliphatic hydroxyl groups excluding tert-OH is 1. The van der Waals surface area contributed by atoms with Gasteiger partial charge in [-0.1, -0.05) is 12.1 Å². The Morgan fingerprint density at radius 3 is 2.14 bits per heavy atom. The van der Waals surface area contributed by atoms with Gasteiger partial charge in [-0.3, -0.25) is 9.69 Å². The highest BCUT2D eigenvalue weighted by molar-refractivity contribution is 6.58. The minimum atomic E-state index is -1.51. The average molecular weight is 315 g/mol. The topological polar surface area (TPSA) is 84.2 Å². The molecule has 116 valence electrons. The van der Waals surface area contributed by atoms with Gasteiger partial charge in [-0.15, -0.1) is 12.4 Å². The molecule has 1 aromatic rings. The summed E-state index contributed by atoms with van der Waals surface area (Å²) in [6, 6.07) is 6.30. The summed E-state index contributed by atoms with van der Waals surface area (Å²) in [7, 11) is -1.51. The summed E-state index contributed by atoms with van der Waals surface area (Å²) in [5, 5.41) is 26.9. The molecule has 1 amide bonds. The predicted octanol–water partition coefficient (Wildman–Crippen LogP) is -1.46. The van der Waals surface area contributed by atoms with Crippen molar-refractivity contribution >= 4 is 30.9 Å². The molecule has 0 bridgehead atoms. The molecule has 0 aromatic heterocycles. The lowest BCUT2D eigenvalue weighted by Crippen LogP contribution is -2.49. The van der Waals surface area contributed by atoms with Gasteiger partial charge in [0, 0.05) is 38.3 Å². The molecule has 0 unspecified atom stereocenters. The second-order valence-electron chi connectivity index (χ2n) is 4.85. The summed E-state index contributed by atoms with van der Waals surface area (Å²) in [6.07, 6.45) is 0. The van der Waals surface area contributed by atoms with E-state index >= 15 is 0 Å². The maximum absolute atomic E-state index is 12.3. The van der Waals surface area contributed by atoms with Gasteiger partial charge in [0.15, 0.2) is 0 Å². The van der Waals surface area contributed by atoms with E-state index in [0.717, 1.165) is 13.1 Å². The minimum Gasteiger partial charge on any atom is -0.423 e. The fourth-order valence-electron chi connectivity index (χ4n) is 2.30. The number of benzene rings is 1. The van der Waals surface area contributed by atoms with Crippen molar-refractivity contribution in [3.05, 3.63) is 29.8 Å². The van der Waals surface area contributed by atoms with Gasteiger partial charge in [0.1, 0.15) is 0 Å². The number of rotatable bonds is 4. The van der Waals surface area contributed by atoms with Crippen molar-refractivity contribution in [2.24, 2.45) is 0 Å². The zero-order valence-corrected chi connectivity index (χ0v) is 12.5. The molecule has 1 saturated heterocycles. The van der Waals surface area contributed by atoms with Crippen molar-refractivity contribution < 1.29 is 19.9 Å². The van der Waals surface area contributed by atoms with Gasteiger partial charge < -0.3 is 20.1 Å². The highest BCUT2D eigenvalue weighted by Gasteiger charge is 2.22. The number of amides is 1. The number of nitrogens with zero attached hydrogens (tertiary/aromatic N) is 2. The average Bonchev–Trinajstić information content (AvgIpc) is 2.48. The Morgan fingerprint density at radius 2 is 1.67 bits per heavy atom. The molecule has 0 saturated carbocycles. The fourth-order valence-corrected chi connectivity index (χ4v) is 2.30. The van der Waals surface area contributed by atoms with Gasteiger partial charge in [0.2, 0.25) is 0 Å². The zero-order valence-electron chi connectivity index (χ0n) is 11.7. The third-order valence-corrected chi connectivity index (χ3v) is 3.53. The molecule has 2 rings (SSSR count). The van der Waals surface area contributed by atoms with Gasteiger partial charge >= 0.3 is 7.12 Å². The van der Waals surface area contributed by atoms with Crippen LogP contribution in [0.2, 0.25) is 0 Å². The molecule has 1 heterocycles. The Labute approximate surface area is 130 Å². The molecule has 1 fully saturated rings. The first-order valence-corrected chi connectivity index (χ1v) is 6.70. The van der Waals surface area contributed by atoms with E-state index in [1.807, 2.05) is 0 Å². The minimum absolute atomic E-state index is 0. The first kappa shape index (κ1) is 17.9. The number of piperazine rings is 1. The van der Waals surface area contributed by atoms with Crippen LogP contribution < -0.4 is 5.46 Å². The first-order valence-electron chi connectivity index (χ1n) is 6.70. The highest BCUT2D eigenvalue weighted by atomic mass is 35.5. The van der Waals surface area contributed by atoms with Crippen LogP contribution in [0.3, 0.4) is 0 Å². The Balaban J connectivity index is 0.00000220. The Bertz CT molecular complexity index is 450. The van der Waals surface area contributed by atoms with E-state index in [1.54, 1.807) is 29.2 Å². The van der Waals surface area contributed by atoms with Crippen LogP contribution >= 0.6 is 12.4 Å². The van der Waals surface area contributed by atoms with E-state index in [1.165, 1.54) is 0 Å². The lowest BCUT2D eigenvalue weighted by atomic mass is 9.80. The smallest absolute Gasteiger partial charge is 0.423 e. The van der Waals surface area contributed by atoms with Gasteiger partial charge in [0.05, 0.1) is 6.61 Å². The molecule has 8 heteroatoms. The molecular formula is C13H20BClN2O4. The van der Waals surface area contributed by atoms with Gasteiger partial charge in [-0.05, 0) is 17.6 Å². The summed E-state index contributed by atoms with van der Waals surface area (Å²) in [5.41, 5.74) is 0.916. The van der Waals surface area contributed by atoms with E-state index in [4.69, 9.17) is 15.2 Å². The number of aliphatic hydroxyl groups is 1. The van der Waals surface area contributed by atoms with Crippen molar-refractivity contribution in [3.63, 3.8) is 0 Å². The summed E-state index contributed by atoms with van der Waals surface area (Å²) in [5.74, 6) is -0.0485. The van der Waals surface area contributed by atoms with Crippen LogP contribution in [0.5, 0.6) is 0 Å². The molecule has 0 aliphatic carbocycles. The lowest BCUT2D eigenvalue weighted by molar-refractivity contribution is 0.0615. The lowest BCUT2D eigenvalue weighted by Gasteiger charge is -2.34. The molecule has 3 N–H and O–H groups in total. The number of halogens is 1. The normalized spacial score (nSPS) is 15.5. The third-order valence-electron chi connectivity index (χ3n) is 3.53. The largest absolute Gasteiger partial charge is 0.488 e. The Hall–Kier alpha value is -1.12. The van der Waals surface area contributed by atoms with Crippen LogP contribution in [0.1, 0.15) is 10.4 Å². The molecule has 6 nitrogen and oxygen atoms in total. The van der Waals surface area contributed by atoms with Gasteiger partial charge in [-0.25, -0.2) is 0 Å². The van der Waals surface area contributed by atoms with E-state index in [-0.39, 0.29) is 24.9 Å². The number of carbonyl (C=O) groups excluding carboxylic acids is 1. The second-order valence-corrected chi connectivity index (χ2v) is 4.85. The van der Waals surface area contributed by atoms with E-state index < -0.39 is 7.12 Å². The van der Waals surface area contributed by atoms with Crippen molar-refractivity contribution in [1.82, 2.24) is 9.80 Å². The van der Waals surface area contributed by atoms with Crippen LogP contribution in [0.15, 0.2) is 24.3 Å². The fraction of sp³-hybridized carbons (Fsp3) is 0.462. The van der Waals surface area contributed by atoms with E-state index in [9.17, 15) is 4.79 Å². The Morgan fingerprint density at radius 1 is 1.10 bits per heavy atom. The van der Waals surface area contributed by atoms with Crippen LogP contribution in [-0.2, 0) is 0 Å². The summed E-state index contributed by atoms with van der Waals surface area (Å²) in [6.45, 7) is 3.59. The van der Waals surface area contributed by atoms with Crippen molar-refractivity contribution in [2.45, 2.75) is 0 Å². The highest BCUT2D eigenvalue weighted by Crippen LogP contribution is 2.08. The SMILES string of the molecule is Cl.O=C(c1ccc(B(O)O)cc1)N1CCN(CCO)CC1. The van der Waals surface area contributed by atoms with Crippen molar-refractivity contribution in [3.8, 4) is 0 Å². The second kappa shape index (κ2) is 8.36. The quantitative estimate of drug-likeness (QED) is 0.592.